The van der Waals surface area contributed by atoms with Gasteiger partial charge in [0, 0.05) is 12.3 Å². The summed E-state index contributed by atoms with van der Waals surface area (Å²) in [5.74, 6) is -5.90. The number of carboxylic acids is 1. The van der Waals surface area contributed by atoms with Crippen molar-refractivity contribution in [2.45, 2.75) is 50.6 Å². The molecule has 2 aliphatic rings. The van der Waals surface area contributed by atoms with Crippen molar-refractivity contribution in [2.75, 3.05) is 13.2 Å². The highest BCUT2D eigenvalue weighted by Crippen LogP contribution is 2.44. The third-order valence-electron chi connectivity index (χ3n) is 6.48. The van der Waals surface area contributed by atoms with Crippen LogP contribution < -0.4 is 5.32 Å². The van der Waals surface area contributed by atoms with E-state index in [4.69, 9.17) is 4.74 Å². The minimum absolute atomic E-state index is 0.0297. The zero-order valence-electron chi connectivity index (χ0n) is 19.5. The minimum atomic E-state index is -3.30. The zero-order chi connectivity index (χ0) is 25.3. The molecule has 0 radical (unpaired) electrons. The zero-order valence-corrected chi connectivity index (χ0v) is 19.5. The fourth-order valence-corrected chi connectivity index (χ4v) is 4.94. The molecule has 0 bridgehead atoms. The number of alkyl halides is 2. The average Bonchev–Trinajstić information content (AvgIpc) is 3.31. The predicted molar refractivity (Wildman–Crippen MR) is 124 cm³/mol. The molecule has 0 aromatic heterocycles. The standard InChI is InChI=1S/C26H28F2N2O5/c1-15(2)11-21(23(31)30-14-26(27,28)12-22(30)24(32)33)29-25(34)35-13-20-18-9-5-3-7-16(18)17-8-4-6-10-19(17)20/h3-10,15,20-22H,11-14H2,1-2H3,(H,29,34)(H,32,33)/t21?,22-/m1/s1. The number of nitrogens with zero attached hydrogens (tertiary/aromatic N) is 1. The van der Waals surface area contributed by atoms with Crippen molar-refractivity contribution in [1.29, 1.82) is 0 Å². The number of likely N-dealkylation sites (tertiary alicyclic amines) is 1. The SMILES string of the molecule is CC(C)CC(NC(=O)OCC1c2ccccc2-c2ccccc21)C(=O)N1CC(F)(F)C[C@@H]1C(=O)O. The maximum atomic E-state index is 13.9. The Morgan fingerprint density at radius 1 is 1.09 bits per heavy atom. The van der Waals surface area contributed by atoms with Crippen molar-refractivity contribution in [1.82, 2.24) is 10.2 Å². The number of alkyl carbamates (subject to hydrolysis) is 1. The van der Waals surface area contributed by atoms with Crippen LogP contribution in [0.25, 0.3) is 11.1 Å². The summed E-state index contributed by atoms with van der Waals surface area (Å²) < 4.78 is 33.3. The monoisotopic (exact) mass is 486 g/mol. The maximum Gasteiger partial charge on any atom is 0.407 e. The summed E-state index contributed by atoms with van der Waals surface area (Å²) in [6.45, 7) is 2.66. The third kappa shape index (κ3) is 5.13. The van der Waals surface area contributed by atoms with E-state index in [0.717, 1.165) is 22.3 Å². The van der Waals surface area contributed by atoms with Gasteiger partial charge >= 0.3 is 12.1 Å². The van der Waals surface area contributed by atoms with Crippen molar-refractivity contribution in [3.05, 3.63) is 59.7 Å². The number of ether oxygens (including phenoxy) is 1. The molecule has 0 saturated carbocycles. The first-order chi connectivity index (χ1) is 16.6. The lowest BCUT2D eigenvalue weighted by atomic mass is 9.98. The molecule has 1 aliphatic heterocycles. The van der Waals surface area contributed by atoms with Crippen LogP contribution in [0.3, 0.4) is 0 Å². The summed E-state index contributed by atoms with van der Waals surface area (Å²) in [6.07, 6.45) is -1.66. The highest BCUT2D eigenvalue weighted by molar-refractivity contribution is 5.90. The summed E-state index contributed by atoms with van der Waals surface area (Å²) >= 11 is 0. The molecule has 9 heteroatoms. The van der Waals surface area contributed by atoms with E-state index < -0.39 is 48.9 Å². The first kappa shape index (κ1) is 24.6. The number of fused-ring (bicyclic) bond motifs is 3. The number of carboxylic acid groups (broad SMARTS) is 1. The fourth-order valence-electron chi connectivity index (χ4n) is 4.94. The van der Waals surface area contributed by atoms with E-state index in [-0.39, 0.29) is 24.9 Å². The van der Waals surface area contributed by atoms with Crippen LogP contribution in [0.4, 0.5) is 13.6 Å². The summed E-state index contributed by atoms with van der Waals surface area (Å²) in [4.78, 5) is 37.9. The van der Waals surface area contributed by atoms with Crippen LogP contribution in [0, 0.1) is 5.92 Å². The van der Waals surface area contributed by atoms with Gasteiger partial charge in [-0.2, -0.15) is 0 Å². The summed E-state index contributed by atoms with van der Waals surface area (Å²) in [5, 5.41) is 11.8. The number of benzene rings is 2. The quantitative estimate of drug-likeness (QED) is 0.610. The summed E-state index contributed by atoms with van der Waals surface area (Å²) in [7, 11) is 0. The topological polar surface area (TPSA) is 95.9 Å². The highest BCUT2D eigenvalue weighted by atomic mass is 19.3. The van der Waals surface area contributed by atoms with Crippen LogP contribution in [0.1, 0.15) is 43.7 Å². The molecule has 2 atom stereocenters. The molecule has 7 nitrogen and oxygen atoms in total. The lowest BCUT2D eigenvalue weighted by Crippen LogP contribution is -2.52. The molecule has 1 unspecified atom stereocenters. The maximum absolute atomic E-state index is 13.9. The molecular formula is C26H28F2N2O5. The average molecular weight is 487 g/mol. The Hall–Kier alpha value is -3.49. The van der Waals surface area contributed by atoms with Crippen molar-refractivity contribution < 1.29 is 33.0 Å². The van der Waals surface area contributed by atoms with Crippen LogP contribution in [0.2, 0.25) is 0 Å². The molecule has 2 aromatic carbocycles. The van der Waals surface area contributed by atoms with Crippen LogP contribution in [-0.2, 0) is 14.3 Å². The number of amides is 2. The second-order valence-corrected chi connectivity index (χ2v) is 9.53. The molecule has 1 fully saturated rings. The Morgan fingerprint density at radius 3 is 2.20 bits per heavy atom. The van der Waals surface area contributed by atoms with Crippen LogP contribution in [0.15, 0.2) is 48.5 Å². The molecule has 4 rings (SSSR count). The largest absolute Gasteiger partial charge is 0.480 e. The van der Waals surface area contributed by atoms with Crippen LogP contribution in [-0.4, -0.2) is 59.1 Å². The number of aliphatic carboxylic acids is 1. The van der Waals surface area contributed by atoms with Gasteiger partial charge in [0.2, 0.25) is 5.91 Å². The lowest BCUT2D eigenvalue weighted by molar-refractivity contribution is -0.149. The number of hydrogen-bond donors (Lipinski definition) is 2. The Morgan fingerprint density at radius 2 is 1.66 bits per heavy atom. The molecule has 0 spiro atoms. The number of carbonyl (C=O) groups excluding carboxylic acids is 2. The van der Waals surface area contributed by atoms with Gasteiger partial charge in [0.05, 0.1) is 6.54 Å². The lowest BCUT2D eigenvalue weighted by Gasteiger charge is -2.27. The number of carbonyl (C=O) groups is 3. The van der Waals surface area contributed by atoms with Gasteiger partial charge in [-0.1, -0.05) is 62.4 Å². The molecule has 1 heterocycles. The van der Waals surface area contributed by atoms with Crippen molar-refractivity contribution >= 4 is 18.0 Å². The molecular weight excluding hydrogens is 458 g/mol. The second-order valence-electron chi connectivity index (χ2n) is 9.53. The van der Waals surface area contributed by atoms with Gasteiger partial charge in [0.15, 0.2) is 0 Å². The van der Waals surface area contributed by atoms with Crippen molar-refractivity contribution in [3.8, 4) is 11.1 Å². The van der Waals surface area contributed by atoms with E-state index in [0.29, 0.717) is 4.90 Å². The minimum Gasteiger partial charge on any atom is -0.480 e. The molecule has 1 saturated heterocycles. The van der Waals surface area contributed by atoms with E-state index in [1.165, 1.54) is 0 Å². The van der Waals surface area contributed by atoms with Gasteiger partial charge in [-0.25, -0.2) is 18.4 Å². The normalized spacial score (nSPS) is 19.2. The molecule has 2 N–H and O–H groups in total. The van der Waals surface area contributed by atoms with Gasteiger partial charge in [-0.05, 0) is 34.6 Å². The van der Waals surface area contributed by atoms with Gasteiger partial charge in [-0.15, -0.1) is 0 Å². The number of rotatable bonds is 7. The Kier molecular flexibility index (Phi) is 6.78. The molecule has 1 aliphatic carbocycles. The van der Waals surface area contributed by atoms with E-state index in [2.05, 4.69) is 5.32 Å². The Labute approximate surface area is 202 Å². The fraction of sp³-hybridized carbons (Fsp3) is 0.423. The number of hydrogen-bond acceptors (Lipinski definition) is 4. The molecule has 35 heavy (non-hydrogen) atoms. The van der Waals surface area contributed by atoms with Gasteiger partial charge in [-0.3, -0.25) is 4.79 Å². The van der Waals surface area contributed by atoms with Crippen LogP contribution >= 0.6 is 0 Å². The highest BCUT2D eigenvalue weighted by Gasteiger charge is 2.51. The molecule has 186 valence electrons. The predicted octanol–water partition coefficient (Wildman–Crippen LogP) is 4.26. The summed E-state index contributed by atoms with van der Waals surface area (Å²) in [5.41, 5.74) is 4.19. The smallest absolute Gasteiger partial charge is 0.407 e. The summed E-state index contributed by atoms with van der Waals surface area (Å²) in [6, 6.07) is 12.9. The molecule has 2 aromatic rings. The van der Waals surface area contributed by atoms with Crippen molar-refractivity contribution in [3.63, 3.8) is 0 Å². The van der Waals surface area contributed by atoms with E-state index in [1.54, 1.807) is 0 Å². The number of halogens is 2. The Bertz CT molecular complexity index is 1090. The van der Waals surface area contributed by atoms with Crippen molar-refractivity contribution in [2.24, 2.45) is 5.92 Å². The first-order valence-electron chi connectivity index (χ1n) is 11.6. The van der Waals surface area contributed by atoms with E-state index in [9.17, 15) is 28.3 Å². The van der Waals surface area contributed by atoms with Gasteiger partial charge < -0.3 is 20.1 Å². The van der Waals surface area contributed by atoms with Crippen LogP contribution in [0.5, 0.6) is 0 Å². The third-order valence-corrected chi connectivity index (χ3v) is 6.48. The first-order valence-corrected chi connectivity index (χ1v) is 11.6. The Balaban J connectivity index is 1.46. The van der Waals surface area contributed by atoms with Gasteiger partial charge in [0.25, 0.3) is 5.92 Å². The van der Waals surface area contributed by atoms with Gasteiger partial charge in [0.1, 0.15) is 18.7 Å². The second kappa shape index (κ2) is 9.64. The van der Waals surface area contributed by atoms with E-state index in [1.807, 2.05) is 62.4 Å². The van der Waals surface area contributed by atoms with E-state index >= 15 is 0 Å². The molecule has 2 amide bonds. The number of nitrogens with one attached hydrogen (secondary N) is 1.